The van der Waals surface area contributed by atoms with Crippen molar-refractivity contribution in [1.29, 1.82) is 0 Å². The highest BCUT2D eigenvalue weighted by atomic mass is 79.9. The molecule has 1 heterocycles. The van der Waals surface area contributed by atoms with E-state index in [0.717, 1.165) is 26.3 Å². The van der Waals surface area contributed by atoms with Crippen LogP contribution in [-0.2, 0) is 17.9 Å². The highest BCUT2D eigenvalue weighted by molar-refractivity contribution is 9.10. The van der Waals surface area contributed by atoms with Gasteiger partial charge in [0.15, 0.2) is 0 Å². The lowest BCUT2D eigenvalue weighted by molar-refractivity contribution is -0.123. The molecule has 0 unspecified atom stereocenters. The molecular weight excluding hydrogens is 561 g/mol. The number of amides is 2. The molecule has 0 aliphatic carbocycles. The van der Waals surface area contributed by atoms with Gasteiger partial charge in [-0.15, -0.1) is 0 Å². The fourth-order valence-electron chi connectivity index (χ4n) is 3.11. The van der Waals surface area contributed by atoms with Gasteiger partial charge in [0.2, 0.25) is 0 Å². The van der Waals surface area contributed by atoms with Crippen molar-refractivity contribution in [2.24, 2.45) is 0 Å². The van der Waals surface area contributed by atoms with Gasteiger partial charge >= 0.3 is 0 Å². The zero-order valence-corrected chi connectivity index (χ0v) is 20.5. The van der Waals surface area contributed by atoms with E-state index in [1.54, 1.807) is 42.5 Å². The molecule has 162 valence electrons. The second-order valence-corrected chi connectivity index (χ2v) is 9.68. The Morgan fingerprint density at radius 3 is 2.44 bits per heavy atom. The van der Waals surface area contributed by atoms with Crippen molar-refractivity contribution in [3.63, 3.8) is 0 Å². The maximum Gasteiger partial charge on any atom is 0.293 e. The number of rotatable bonds is 6. The van der Waals surface area contributed by atoms with Crippen molar-refractivity contribution < 1.29 is 18.7 Å². The second-order valence-electron chi connectivity index (χ2n) is 6.92. The SMILES string of the molecule is O=C1S/C(=C\c2cc(Br)ccc2OCc2ccccc2F)C(=O)N1Cc1ccccc1Br. The lowest BCUT2D eigenvalue weighted by Gasteiger charge is -2.13. The third kappa shape index (κ3) is 5.14. The third-order valence-electron chi connectivity index (χ3n) is 4.76. The van der Waals surface area contributed by atoms with Gasteiger partial charge in [0.25, 0.3) is 11.1 Å². The summed E-state index contributed by atoms with van der Waals surface area (Å²) in [5.41, 5.74) is 1.88. The molecule has 0 atom stereocenters. The zero-order chi connectivity index (χ0) is 22.7. The average Bonchev–Trinajstić information content (AvgIpc) is 3.03. The second kappa shape index (κ2) is 10.0. The van der Waals surface area contributed by atoms with Crippen LogP contribution in [0.1, 0.15) is 16.7 Å². The lowest BCUT2D eigenvalue weighted by Crippen LogP contribution is -2.27. The Hall–Kier alpha value is -2.42. The predicted octanol–water partition coefficient (Wildman–Crippen LogP) is 7.17. The van der Waals surface area contributed by atoms with Crippen LogP contribution >= 0.6 is 43.6 Å². The van der Waals surface area contributed by atoms with E-state index < -0.39 is 0 Å². The van der Waals surface area contributed by atoms with Crippen LogP contribution in [-0.4, -0.2) is 16.0 Å². The molecule has 0 bridgehead atoms. The van der Waals surface area contributed by atoms with E-state index in [1.165, 1.54) is 11.0 Å². The van der Waals surface area contributed by atoms with E-state index in [2.05, 4.69) is 31.9 Å². The third-order valence-corrected chi connectivity index (χ3v) is 6.93. The number of hydrogen-bond donors (Lipinski definition) is 0. The maximum absolute atomic E-state index is 13.9. The summed E-state index contributed by atoms with van der Waals surface area (Å²) in [4.78, 5) is 27.0. The number of carbonyl (C=O) groups excluding carboxylic acids is 2. The van der Waals surface area contributed by atoms with Gasteiger partial charge in [-0.2, -0.15) is 0 Å². The molecule has 3 aromatic carbocycles. The smallest absolute Gasteiger partial charge is 0.293 e. The summed E-state index contributed by atoms with van der Waals surface area (Å²) >= 11 is 7.76. The van der Waals surface area contributed by atoms with Crippen molar-refractivity contribution in [3.05, 3.63) is 103 Å². The first-order chi connectivity index (χ1) is 15.4. The molecule has 0 radical (unpaired) electrons. The first kappa shape index (κ1) is 22.8. The maximum atomic E-state index is 13.9. The first-order valence-corrected chi connectivity index (χ1v) is 12.0. The minimum atomic E-state index is -0.365. The first-order valence-electron chi connectivity index (χ1n) is 9.57. The van der Waals surface area contributed by atoms with Gasteiger partial charge in [0.1, 0.15) is 18.2 Å². The molecule has 1 aliphatic heterocycles. The molecular formula is C24H16Br2FNO3S. The summed E-state index contributed by atoms with van der Waals surface area (Å²) in [5.74, 6) is -0.232. The Balaban J connectivity index is 1.57. The van der Waals surface area contributed by atoms with E-state index in [0.29, 0.717) is 21.8 Å². The summed E-state index contributed by atoms with van der Waals surface area (Å²) in [6.45, 7) is 0.219. The minimum absolute atomic E-state index is 0.0403. The number of benzene rings is 3. The van der Waals surface area contributed by atoms with Gasteiger partial charge in [-0.25, -0.2) is 4.39 Å². The van der Waals surface area contributed by atoms with Gasteiger partial charge in [0.05, 0.1) is 11.4 Å². The van der Waals surface area contributed by atoms with Crippen LogP contribution in [0.5, 0.6) is 5.75 Å². The van der Waals surface area contributed by atoms with Crippen molar-refractivity contribution in [2.75, 3.05) is 0 Å². The quantitative estimate of drug-likeness (QED) is 0.292. The molecule has 1 saturated heterocycles. The Kier molecular flexibility index (Phi) is 7.13. The number of ether oxygens (including phenoxy) is 1. The highest BCUT2D eigenvalue weighted by Gasteiger charge is 2.35. The van der Waals surface area contributed by atoms with Crippen LogP contribution in [0.2, 0.25) is 0 Å². The van der Waals surface area contributed by atoms with Gasteiger partial charge in [0, 0.05) is 20.1 Å². The van der Waals surface area contributed by atoms with Gasteiger partial charge in [-0.1, -0.05) is 68.3 Å². The molecule has 1 aliphatic rings. The standard InChI is InChI=1S/C24H16Br2FNO3S/c25-18-9-10-21(31-14-16-6-2-4-8-20(16)27)17(11-18)12-22-23(29)28(24(30)32-22)13-15-5-1-3-7-19(15)26/h1-12H,13-14H2/b22-12-. The van der Waals surface area contributed by atoms with Crippen molar-refractivity contribution in [3.8, 4) is 5.75 Å². The summed E-state index contributed by atoms with van der Waals surface area (Å²) in [5, 5.41) is -0.333. The van der Waals surface area contributed by atoms with Gasteiger partial charge < -0.3 is 4.74 Å². The summed E-state index contributed by atoms with van der Waals surface area (Å²) < 4.78 is 21.4. The number of halogens is 3. The number of thioether (sulfide) groups is 1. The largest absolute Gasteiger partial charge is 0.488 e. The zero-order valence-electron chi connectivity index (χ0n) is 16.6. The fourth-order valence-corrected chi connectivity index (χ4v) is 4.73. The van der Waals surface area contributed by atoms with Gasteiger partial charge in [-0.05, 0) is 53.7 Å². The molecule has 0 N–H and O–H groups in total. The van der Waals surface area contributed by atoms with Crippen LogP contribution in [0.3, 0.4) is 0 Å². The highest BCUT2D eigenvalue weighted by Crippen LogP contribution is 2.36. The van der Waals surface area contributed by atoms with E-state index in [4.69, 9.17) is 4.74 Å². The van der Waals surface area contributed by atoms with Crippen LogP contribution in [0.4, 0.5) is 9.18 Å². The van der Waals surface area contributed by atoms with Crippen LogP contribution in [0.15, 0.2) is 80.6 Å². The van der Waals surface area contributed by atoms with E-state index >= 15 is 0 Å². The molecule has 0 saturated carbocycles. The summed E-state index contributed by atoms with van der Waals surface area (Å²) in [6.07, 6.45) is 1.63. The number of imide groups is 1. The van der Waals surface area contributed by atoms with Crippen molar-refractivity contribution in [1.82, 2.24) is 4.90 Å². The topological polar surface area (TPSA) is 46.6 Å². The average molecular weight is 577 g/mol. The lowest BCUT2D eigenvalue weighted by atomic mass is 10.1. The Bertz CT molecular complexity index is 1230. The summed E-state index contributed by atoms with van der Waals surface area (Å²) in [7, 11) is 0. The molecule has 0 aromatic heterocycles. The minimum Gasteiger partial charge on any atom is -0.488 e. The fraction of sp³-hybridized carbons (Fsp3) is 0.0833. The molecule has 3 aromatic rings. The molecule has 4 rings (SSSR count). The molecule has 32 heavy (non-hydrogen) atoms. The Morgan fingerprint density at radius 2 is 1.69 bits per heavy atom. The van der Waals surface area contributed by atoms with E-state index in [-0.39, 0.29) is 30.1 Å². The monoisotopic (exact) mass is 575 g/mol. The van der Waals surface area contributed by atoms with Gasteiger partial charge in [-0.3, -0.25) is 14.5 Å². The molecule has 0 spiro atoms. The van der Waals surface area contributed by atoms with Crippen LogP contribution in [0.25, 0.3) is 6.08 Å². The molecule has 1 fully saturated rings. The predicted molar refractivity (Wildman–Crippen MR) is 131 cm³/mol. The van der Waals surface area contributed by atoms with Crippen molar-refractivity contribution >= 4 is 60.8 Å². The van der Waals surface area contributed by atoms with E-state index in [1.807, 2.05) is 24.3 Å². The Morgan fingerprint density at radius 1 is 0.969 bits per heavy atom. The normalized spacial score (nSPS) is 15.0. The van der Waals surface area contributed by atoms with Crippen molar-refractivity contribution in [2.45, 2.75) is 13.2 Å². The molecule has 8 heteroatoms. The molecule has 4 nitrogen and oxygen atoms in total. The van der Waals surface area contributed by atoms with Crippen LogP contribution in [0, 0.1) is 5.82 Å². The number of carbonyl (C=O) groups is 2. The Labute approximate surface area is 205 Å². The summed E-state index contributed by atoms with van der Waals surface area (Å²) in [6, 6.07) is 19.2. The number of nitrogens with zero attached hydrogens (tertiary/aromatic N) is 1. The van der Waals surface area contributed by atoms with Crippen LogP contribution < -0.4 is 4.74 Å². The molecule has 2 amide bonds. The van der Waals surface area contributed by atoms with E-state index in [9.17, 15) is 14.0 Å². The number of hydrogen-bond acceptors (Lipinski definition) is 4.